The second-order valence-corrected chi connectivity index (χ2v) is 12.6. The van der Waals surface area contributed by atoms with E-state index in [0.717, 1.165) is 38.4 Å². The Labute approximate surface area is 218 Å². The first-order valence-electron chi connectivity index (χ1n) is 12.5. The van der Waals surface area contributed by atoms with Gasteiger partial charge in [-0.05, 0) is 63.6 Å². The van der Waals surface area contributed by atoms with E-state index >= 15 is 0 Å². The van der Waals surface area contributed by atoms with Crippen molar-refractivity contribution in [3.8, 4) is 11.3 Å². The van der Waals surface area contributed by atoms with Crippen molar-refractivity contribution >= 4 is 39.2 Å². The maximum Gasteiger partial charge on any atom is 0.229 e. The number of carbonyl (C=O) groups is 1. The summed E-state index contributed by atoms with van der Waals surface area (Å²) in [5, 5.41) is 6.16. The molecule has 0 spiro atoms. The van der Waals surface area contributed by atoms with Crippen LogP contribution in [0.1, 0.15) is 39.5 Å². The molecule has 2 aromatic rings. The number of pyridine rings is 2. The van der Waals surface area contributed by atoms with Gasteiger partial charge in [0.15, 0.2) is 0 Å². The first kappa shape index (κ1) is 26.8. The van der Waals surface area contributed by atoms with E-state index in [-0.39, 0.29) is 12.5 Å². The van der Waals surface area contributed by atoms with Crippen LogP contribution < -0.4 is 10.6 Å². The molecular weight excluding hydrogens is 502 g/mol. The molecule has 0 aromatic carbocycles. The standard InChI is InChI=1S/C25H34ClN5O4S/c1-17(2)36(33,34)31-10-4-5-19(16-31)25(32)30-24-13-20(21(26)15-28-24)22-6-3-7-23(29-22)27-14-18-8-11-35-12-9-18/h3,6-7,13,15,17-19H,4-5,8-12,14,16H2,1-2H3,(H,27,29)(H,28,30,32)/t19-/m0/s1. The molecule has 0 unspecified atom stereocenters. The van der Waals surface area contributed by atoms with Gasteiger partial charge in [0, 0.05) is 44.6 Å². The second kappa shape index (κ2) is 11.9. The van der Waals surface area contributed by atoms with Crippen molar-refractivity contribution in [3.63, 3.8) is 0 Å². The van der Waals surface area contributed by atoms with Crippen molar-refractivity contribution in [1.29, 1.82) is 0 Å². The molecule has 4 heterocycles. The molecule has 11 heteroatoms. The summed E-state index contributed by atoms with van der Waals surface area (Å²) < 4.78 is 32.0. The van der Waals surface area contributed by atoms with Crippen molar-refractivity contribution in [2.75, 3.05) is 43.5 Å². The summed E-state index contributed by atoms with van der Waals surface area (Å²) in [5.74, 6) is 0.974. The predicted molar refractivity (Wildman–Crippen MR) is 141 cm³/mol. The first-order valence-corrected chi connectivity index (χ1v) is 14.4. The zero-order valence-electron chi connectivity index (χ0n) is 20.7. The number of nitrogens with one attached hydrogen (secondary N) is 2. The van der Waals surface area contributed by atoms with Crippen LogP contribution in [0.3, 0.4) is 0 Å². The van der Waals surface area contributed by atoms with Crippen molar-refractivity contribution in [2.45, 2.75) is 44.8 Å². The number of carbonyl (C=O) groups excluding carboxylic acids is 1. The van der Waals surface area contributed by atoms with Gasteiger partial charge in [-0.15, -0.1) is 0 Å². The van der Waals surface area contributed by atoms with Crippen molar-refractivity contribution in [2.24, 2.45) is 11.8 Å². The number of piperidine rings is 1. The Balaban J connectivity index is 1.44. The average Bonchev–Trinajstić information content (AvgIpc) is 2.89. The molecule has 1 atom stereocenters. The highest BCUT2D eigenvalue weighted by Crippen LogP contribution is 2.30. The van der Waals surface area contributed by atoms with Gasteiger partial charge in [0.2, 0.25) is 15.9 Å². The van der Waals surface area contributed by atoms with Gasteiger partial charge in [0.05, 0.1) is 21.9 Å². The molecule has 36 heavy (non-hydrogen) atoms. The summed E-state index contributed by atoms with van der Waals surface area (Å²) >= 11 is 6.44. The summed E-state index contributed by atoms with van der Waals surface area (Å²) in [6.07, 6.45) is 4.83. The fraction of sp³-hybridized carbons (Fsp3) is 0.560. The minimum absolute atomic E-state index is 0.176. The lowest BCUT2D eigenvalue weighted by Gasteiger charge is -2.32. The van der Waals surface area contributed by atoms with Gasteiger partial charge in [-0.25, -0.2) is 22.7 Å². The van der Waals surface area contributed by atoms with E-state index in [2.05, 4.69) is 15.6 Å². The van der Waals surface area contributed by atoms with Crippen LogP contribution in [0.2, 0.25) is 5.02 Å². The van der Waals surface area contributed by atoms with Gasteiger partial charge in [-0.2, -0.15) is 0 Å². The molecule has 1 amide bonds. The smallest absolute Gasteiger partial charge is 0.229 e. The Morgan fingerprint density at radius 2 is 2.00 bits per heavy atom. The van der Waals surface area contributed by atoms with E-state index in [1.54, 1.807) is 19.9 Å². The molecule has 9 nitrogen and oxygen atoms in total. The van der Waals surface area contributed by atoms with E-state index in [9.17, 15) is 13.2 Å². The number of rotatable bonds is 8. The lowest BCUT2D eigenvalue weighted by Crippen LogP contribution is -2.46. The molecule has 196 valence electrons. The van der Waals surface area contributed by atoms with Crippen LogP contribution in [0.25, 0.3) is 11.3 Å². The van der Waals surface area contributed by atoms with Crippen LogP contribution in [0.5, 0.6) is 0 Å². The topological polar surface area (TPSA) is 114 Å². The molecule has 2 fully saturated rings. The largest absolute Gasteiger partial charge is 0.381 e. The van der Waals surface area contributed by atoms with E-state index in [1.807, 2.05) is 18.2 Å². The van der Waals surface area contributed by atoms with E-state index in [4.69, 9.17) is 21.3 Å². The molecule has 2 aliphatic rings. The van der Waals surface area contributed by atoms with E-state index in [1.165, 1.54) is 10.5 Å². The van der Waals surface area contributed by atoms with Gasteiger partial charge < -0.3 is 15.4 Å². The van der Waals surface area contributed by atoms with E-state index in [0.29, 0.717) is 47.4 Å². The van der Waals surface area contributed by atoms with Crippen LogP contribution in [0, 0.1) is 11.8 Å². The van der Waals surface area contributed by atoms with Gasteiger partial charge in [0.1, 0.15) is 11.6 Å². The Morgan fingerprint density at radius 1 is 1.22 bits per heavy atom. The third kappa shape index (κ3) is 6.53. The number of hydrogen-bond acceptors (Lipinski definition) is 7. The Kier molecular flexibility index (Phi) is 8.82. The van der Waals surface area contributed by atoms with Crippen LogP contribution >= 0.6 is 11.6 Å². The monoisotopic (exact) mass is 535 g/mol. The molecule has 4 rings (SSSR count). The van der Waals surface area contributed by atoms with E-state index < -0.39 is 21.2 Å². The van der Waals surface area contributed by atoms with Crippen LogP contribution in [-0.4, -0.2) is 66.7 Å². The van der Waals surface area contributed by atoms with Crippen molar-refractivity contribution in [3.05, 3.63) is 35.5 Å². The highest BCUT2D eigenvalue weighted by molar-refractivity contribution is 7.89. The molecule has 0 bridgehead atoms. The summed E-state index contributed by atoms with van der Waals surface area (Å²) in [5.41, 5.74) is 1.33. The highest BCUT2D eigenvalue weighted by Gasteiger charge is 2.34. The Morgan fingerprint density at radius 3 is 2.75 bits per heavy atom. The van der Waals surface area contributed by atoms with Crippen LogP contribution in [-0.2, 0) is 19.6 Å². The van der Waals surface area contributed by atoms with Gasteiger partial charge >= 0.3 is 0 Å². The van der Waals surface area contributed by atoms with Gasteiger partial charge in [0.25, 0.3) is 0 Å². The number of sulfonamides is 1. The summed E-state index contributed by atoms with van der Waals surface area (Å²) in [6.45, 7) is 6.35. The minimum atomic E-state index is -3.40. The molecule has 2 saturated heterocycles. The Hall–Kier alpha value is -2.27. The second-order valence-electron chi connectivity index (χ2n) is 9.67. The molecule has 2 aliphatic heterocycles. The SMILES string of the molecule is CC(C)S(=O)(=O)N1CCC[C@H](C(=O)Nc2cc(-c3cccc(NCC4CCOCC4)n3)c(Cl)cn2)C1. The Bertz CT molecular complexity index is 1170. The zero-order chi connectivity index (χ0) is 25.7. The van der Waals surface area contributed by atoms with Gasteiger partial charge in [-0.1, -0.05) is 17.7 Å². The molecule has 0 saturated carbocycles. The first-order chi connectivity index (χ1) is 17.2. The molecule has 0 radical (unpaired) electrons. The van der Waals surface area contributed by atoms with Crippen molar-refractivity contribution < 1.29 is 17.9 Å². The highest BCUT2D eigenvalue weighted by atomic mass is 35.5. The number of hydrogen-bond donors (Lipinski definition) is 2. The zero-order valence-corrected chi connectivity index (χ0v) is 22.3. The lowest BCUT2D eigenvalue weighted by molar-refractivity contribution is -0.120. The summed E-state index contributed by atoms with van der Waals surface area (Å²) in [7, 11) is -3.40. The van der Waals surface area contributed by atoms with Crippen LogP contribution in [0.15, 0.2) is 30.5 Å². The average molecular weight is 536 g/mol. The number of amides is 1. The third-order valence-corrected chi connectivity index (χ3v) is 9.30. The lowest BCUT2D eigenvalue weighted by atomic mass is 9.99. The minimum Gasteiger partial charge on any atom is -0.381 e. The number of halogens is 1. The number of nitrogens with zero attached hydrogens (tertiary/aromatic N) is 3. The fourth-order valence-electron chi connectivity index (χ4n) is 4.50. The molecule has 2 aromatic heterocycles. The van der Waals surface area contributed by atoms with Gasteiger partial charge in [-0.3, -0.25) is 4.79 Å². The normalized spacial score (nSPS) is 19.8. The summed E-state index contributed by atoms with van der Waals surface area (Å²) in [4.78, 5) is 22.0. The number of aromatic nitrogens is 2. The number of ether oxygens (including phenoxy) is 1. The number of anilines is 2. The maximum atomic E-state index is 13.0. The quantitative estimate of drug-likeness (QED) is 0.524. The fourth-order valence-corrected chi connectivity index (χ4v) is 6.07. The third-order valence-electron chi connectivity index (χ3n) is 6.75. The molecule has 2 N–H and O–H groups in total. The maximum absolute atomic E-state index is 13.0. The predicted octanol–water partition coefficient (Wildman–Crippen LogP) is 4.02. The van der Waals surface area contributed by atoms with Crippen LogP contribution in [0.4, 0.5) is 11.6 Å². The summed E-state index contributed by atoms with van der Waals surface area (Å²) in [6, 6.07) is 7.40. The molecular formula is C25H34ClN5O4S. The molecule has 0 aliphatic carbocycles. The van der Waals surface area contributed by atoms with Crippen molar-refractivity contribution in [1.82, 2.24) is 14.3 Å².